The number of aromatic nitrogens is 1. The number of hydrogen-bond acceptors (Lipinski definition) is 2. The molecule has 0 bridgehead atoms. The molecule has 1 heterocycles. The van der Waals surface area contributed by atoms with Crippen molar-refractivity contribution in [1.29, 1.82) is 0 Å². The molecule has 0 aliphatic carbocycles. The van der Waals surface area contributed by atoms with E-state index in [0.717, 1.165) is 6.92 Å². The Hall–Kier alpha value is -1.38. The van der Waals surface area contributed by atoms with Crippen molar-refractivity contribution in [3.63, 3.8) is 0 Å². The van der Waals surface area contributed by atoms with Crippen LogP contribution in [0.15, 0.2) is 18.5 Å². The summed E-state index contributed by atoms with van der Waals surface area (Å²) in [6.07, 6.45) is 3.96. The summed E-state index contributed by atoms with van der Waals surface area (Å²) in [4.78, 5) is 11.9. The number of carboxylic acid groups (broad SMARTS) is 1. The average Bonchev–Trinajstić information content (AvgIpc) is 1.84. The van der Waals surface area contributed by atoms with Crippen LogP contribution in [0.3, 0.4) is 0 Å². The third-order valence-corrected chi connectivity index (χ3v) is 1.08. The van der Waals surface area contributed by atoms with Gasteiger partial charge in [-0.15, -0.1) is 0 Å². The van der Waals surface area contributed by atoms with Crippen molar-refractivity contribution in [2.75, 3.05) is 0 Å². The minimum atomic E-state index is -1.08. The van der Waals surface area contributed by atoms with E-state index in [4.69, 9.17) is 9.90 Å². The van der Waals surface area contributed by atoms with E-state index in [-0.39, 0.29) is 0 Å². The van der Waals surface area contributed by atoms with E-state index in [1.165, 1.54) is 11.1 Å². The summed E-state index contributed by atoms with van der Waals surface area (Å²) in [5, 5.41) is 8.89. The molecular formula is C9H13NO2. The lowest BCUT2D eigenvalue weighted by atomic mass is 10.2. The van der Waals surface area contributed by atoms with Gasteiger partial charge in [-0.05, 0) is 26.8 Å². The topological polar surface area (TPSA) is 54.3 Å². The highest BCUT2D eigenvalue weighted by Crippen LogP contribution is 1.93. The maximum absolute atomic E-state index is 8.89. The second-order valence-corrected chi connectivity index (χ2v) is 2.58. The highest BCUT2D eigenvalue weighted by atomic mass is 16.4. The molecule has 0 saturated heterocycles. The van der Waals surface area contributed by atoms with Gasteiger partial charge in [-0.3, -0.25) is 0 Å². The Morgan fingerprint density at radius 3 is 1.83 bits per heavy atom. The molecule has 1 aromatic rings. The molecule has 3 nitrogen and oxygen atoms in total. The molecule has 0 saturated carbocycles. The molecule has 0 atom stereocenters. The molecule has 0 spiro atoms. The van der Waals surface area contributed by atoms with E-state index in [0.29, 0.717) is 0 Å². The Morgan fingerprint density at radius 1 is 1.33 bits per heavy atom. The number of nitrogens with one attached hydrogen (secondary N) is 1. The number of aryl methyl sites for hydroxylation is 2. The minimum Gasteiger partial charge on any atom is -0.550 e. The van der Waals surface area contributed by atoms with Crippen LogP contribution < -0.4 is 10.1 Å². The van der Waals surface area contributed by atoms with E-state index in [2.05, 4.69) is 24.9 Å². The van der Waals surface area contributed by atoms with Gasteiger partial charge in [0.15, 0.2) is 12.4 Å². The van der Waals surface area contributed by atoms with Crippen molar-refractivity contribution in [2.24, 2.45) is 0 Å². The fourth-order valence-corrected chi connectivity index (χ4v) is 0.747. The Labute approximate surface area is 72.1 Å². The number of carbonyl (C=O) groups is 1. The maximum Gasteiger partial charge on any atom is 0.169 e. The molecule has 12 heavy (non-hydrogen) atoms. The first-order valence-electron chi connectivity index (χ1n) is 3.64. The third-order valence-electron chi connectivity index (χ3n) is 1.08. The van der Waals surface area contributed by atoms with Gasteiger partial charge in [0.05, 0.1) is 0 Å². The summed E-state index contributed by atoms with van der Waals surface area (Å²) in [6.45, 7) is 5.12. The lowest BCUT2D eigenvalue weighted by Crippen LogP contribution is -2.16. The summed E-state index contributed by atoms with van der Waals surface area (Å²) >= 11 is 0. The number of aliphatic carboxylic acids is 1. The Morgan fingerprint density at radius 2 is 1.67 bits per heavy atom. The molecule has 3 heteroatoms. The quantitative estimate of drug-likeness (QED) is 0.540. The van der Waals surface area contributed by atoms with Gasteiger partial charge in [0.2, 0.25) is 0 Å². The zero-order valence-electron chi connectivity index (χ0n) is 7.55. The van der Waals surface area contributed by atoms with Gasteiger partial charge in [0.1, 0.15) is 0 Å². The molecule has 1 rings (SSSR count). The van der Waals surface area contributed by atoms with Crippen molar-refractivity contribution >= 4 is 5.97 Å². The molecule has 0 amide bonds. The van der Waals surface area contributed by atoms with Crippen LogP contribution in [0.2, 0.25) is 0 Å². The van der Waals surface area contributed by atoms with Crippen molar-refractivity contribution in [2.45, 2.75) is 20.8 Å². The zero-order chi connectivity index (χ0) is 9.56. The van der Waals surface area contributed by atoms with Crippen molar-refractivity contribution in [3.8, 4) is 0 Å². The highest BCUT2D eigenvalue weighted by molar-refractivity contribution is 5.60. The lowest BCUT2D eigenvalue weighted by Gasteiger charge is -1.84. The largest absolute Gasteiger partial charge is 0.550 e. The van der Waals surface area contributed by atoms with Crippen LogP contribution in [0.4, 0.5) is 0 Å². The predicted molar refractivity (Wildman–Crippen MR) is 43.2 cm³/mol. The second kappa shape index (κ2) is 5.29. The number of pyridine rings is 1. The first-order chi connectivity index (χ1) is 5.52. The van der Waals surface area contributed by atoms with Crippen LogP contribution in [0.1, 0.15) is 18.1 Å². The summed E-state index contributed by atoms with van der Waals surface area (Å²) in [5.74, 6) is -1.08. The smallest absolute Gasteiger partial charge is 0.169 e. The number of aromatic amines is 1. The summed E-state index contributed by atoms with van der Waals surface area (Å²) < 4.78 is 0. The fourth-order valence-electron chi connectivity index (χ4n) is 0.747. The molecule has 0 unspecified atom stereocenters. The molecular weight excluding hydrogens is 154 g/mol. The third kappa shape index (κ3) is 6.74. The lowest BCUT2D eigenvalue weighted by molar-refractivity contribution is -0.379. The van der Waals surface area contributed by atoms with Crippen LogP contribution in [-0.4, -0.2) is 5.97 Å². The average molecular weight is 167 g/mol. The Bertz CT molecular complexity index is 237. The van der Waals surface area contributed by atoms with Crippen molar-refractivity contribution in [3.05, 3.63) is 29.6 Å². The number of hydrogen-bond donors (Lipinski definition) is 0. The van der Waals surface area contributed by atoms with Gasteiger partial charge < -0.3 is 9.90 Å². The van der Waals surface area contributed by atoms with Crippen LogP contribution in [0.25, 0.3) is 0 Å². The van der Waals surface area contributed by atoms with Gasteiger partial charge in [-0.1, -0.05) is 0 Å². The van der Waals surface area contributed by atoms with Crippen LogP contribution >= 0.6 is 0 Å². The molecule has 66 valence electrons. The monoisotopic (exact) mass is 167 g/mol. The Kier molecular flexibility index (Phi) is 4.69. The summed E-state index contributed by atoms with van der Waals surface area (Å²) in [6, 6.07) is 2.14. The van der Waals surface area contributed by atoms with Crippen LogP contribution in [0.5, 0.6) is 0 Å². The maximum atomic E-state index is 8.89. The molecule has 0 fully saturated rings. The molecule has 1 aromatic heterocycles. The molecule has 1 N–H and O–H groups in total. The number of rotatable bonds is 0. The van der Waals surface area contributed by atoms with Crippen LogP contribution in [0, 0.1) is 13.8 Å². The SMILES string of the molecule is CC(=O)[O-].Cc1c[nH+]cc(C)c1. The number of carboxylic acids is 1. The van der Waals surface area contributed by atoms with Gasteiger partial charge >= 0.3 is 0 Å². The molecule has 0 aliphatic heterocycles. The summed E-state index contributed by atoms with van der Waals surface area (Å²) in [5.41, 5.74) is 2.56. The van der Waals surface area contributed by atoms with E-state index in [1.807, 2.05) is 12.4 Å². The van der Waals surface area contributed by atoms with Gasteiger partial charge in [0.25, 0.3) is 0 Å². The Balaban J connectivity index is 0.000000261. The number of carbonyl (C=O) groups excluding carboxylic acids is 1. The highest BCUT2D eigenvalue weighted by Gasteiger charge is 1.87. The molecule has 0 aliphatic rings. The first-order valence-corrected chi connectivity index (χ1v) is 3.64. The van der Waals surface area contributed by atoms with Crippen LogP contribution in [-0.2, 0) is 4.79 Å². The van der Waals surface area contributed by atoms with E-state index in [1.54, 1.807) is 0 Å². The van der Waals surface area contributed by atoms with E-state index >= 15 is 0 Å². The first kappa shape index (κ1) is 10.6. The summed E-state index contributed by atoms with van der Waals surface area (Å²) in [7, 11) is 0. The molecule has 0 radical (unpaired) electrons. The predicted octanol–water partition coefficient (Wildman–Crippen LogP) is -0.126. The fraction of sp³-hybridized carbons (Fsp3) is 0.333. The molecule has 0 aromatic carbocycles. The normalized spacial score (nSPS) is 8.25. The second-order valence-electron chi connectivity index (χ2n) is 2.58. The van der Waals surface area contributed by atoms with Gasteiger partial charge in [0, 0.05) is 17.1 Å². The van der Waals surface area contributed by atoms with E-state index < -0.39 is 5.97 Å². The van der Waals surface area contributed by atoms with E-state index in [9.17, 15) is 0 Å². The standard InChI is InChI=1S/C7H9N.C2H4O2/c1-6-3-7(2)5-8-4-6;1-2(3)4/h3-5H,1-2H3;1H3,(H,3,4). The van der Waals surface area contributed by atoms with Crippen molar-refractivity contribution in [1.82, 2.24) is 0 Å². The van der Waals surface area contributed by atoms with Crippen molar-refractivity contribution < 1.29 is 14.9 Å². The number of H-pyrrole nitrogens is 1. The zero-order valence-corrected chi connectivity index (χ0v) is 7.55. The van der Waals surface area contributed by atoms with Gasteiger partial charge in [-0.25, -0.2) is 4.98 Å². The van der Waals surface area contributed by atoms with Gasteiger partial charge in [-0.2, -0.15) is 0 Å². The minimum absolute atomic E-state index is 0.972.